The fraction of sp³-hybridized carbons (Fsp3) is 0.875. The molecule has 0 rings (SSSR count). The number of alkyl carbamates (subject to hydrolysis) is 1. The minimum absolute atomic E-state index is 0.0580. The number of amides is 1. The maximum Gasteiger partial charge on any atom is 0.407 e. The second kappa shape index (κ2) is 8.55. The van der Waals surface area contributed by atoms with Gasteiger partial charge in [-0.1, -0.05) is 48.0 Å². The highest BCUT2D eigenvalue weighted by Gasteiger charge is 2.41. The predicted molar refractivity (Wildman–Crippen MR) is 91.3 cm³/mol. The molecule has 0 aromatic heterocycles. The van der Waals surface area contributed by atoms with Gasteiger partial charge in [0.05, 0.1) is 6.61 Å². The van der Waals surface area contributed by atoms with Crippen molar-refractivity contribution < 1.29 is 18.8 Å². The quantitative estimate of drug-likeness (QED) is 0.714. The van der Waals surface area contributed by atoms with Gasteiger partial charge in [0, 0.05) is 0 Å². The number of hydrogen-bond donors (Lipinski definition) is 1. The largest absolute Gasteiger partial charge is 0.518 e. The molecule has 0 aliphatic carbocycles. The van der Waals surface area contributed by atoms with Crippen molar-refractivity contribution >= 4 is 20.4 Å². The van der Waals surface area contributed by atoms with Crippen LogP contribution in [0.4, 0.5) is 4.79 Å². The van der Waals surface area contributed by atoms with Crippen LogP contribution in [0.25, 0.3) is 0 Å². The van der Waals surface area contributed by atoms with E-state index in [0.29, 0.717) is 13.0 Å². The minimum atomic E-state index is -2.19. The fourth-order valence-corrected chi connectivity index (χ4v) is 2.39. The first-order valence-corrected chi connectivity index (χ1v) is 11.0. The Morgan fingerprint density at radius 3 is 2.14 bits per heavy atom. The molecular weight excluding hydrogens is 298 g/mol. The minimum Gasteiger partial charge on any atom is -0.518 e. The summed E-state index contributed by atoms with van der Waals surface area (Å²) in [5.74, 6) is -0.0931. The van der Waals surface area contributed by atoms with Gasteiger partial charge in [-0.25, -0.2) is 4.79 Å². The van der Waals surface area contributed by atoms with Gasteiger partial charge in [-0.05, 0) is 30.5 Å². The number of nitrogens with one attached hydrogen (secondary N) is 1. The predicted octanol–water partition coefficient (Wildman–Crippen LogP) is 4.09. The summed E-state index contributed by atoms with van der Waals surface area (Å²) in [5.41, 5.74) is 0. The monoisotopic (exact) mass is 331 g/mol. The van der Waals surface area contributed by atoms with E-state index in [1.165, 1.54) is 0 Å². The zero-order valence-electron chi connectivity index (χ0n) is 15.4. The lowest BCUT2D eigenvalue weighted by atomic mass is 10.2. The Kier molecular flexibility index (Phi) is 8.15. The molecule has 6 heteroatoms. The Balaban J connectivity index is 4.74. The summed E-state index contributed by atoms with van der Waals surface area (Å²) in [5, 5.41) is 2.58. The van der Waals surface area contributed by atoms with E-state index in [0.717, 1.165) is 6.42 Å². The van der Waals surface area contributed by atoms with Gasteiger partial charge in [0.15, 0.2) is 0 Å². The first kappa shape index (κ1) is 21.0. The molecule has 130 valence electrons. The zero-order chi connectivity index (χ0) is 17.6. The highest BCUT2D eigenvalue weighted by atomic mass is 28.4. The number of carbonyl (C=O) groups excluding carboxylic acids is 2. The van der Waals surface area contributed by atoms with Gasteiger partial charge in [-0.15, -0.1) is 0 Å². The molecule has 1 N–H and O–H groups in total. The van der Waals surface area contributed by atoms with Crippen LogP contribution >= 0.6 is 0 Å². The Morgan fingerprint density at radius 2 is 1.73 bits per heavy atom. The maximum atomic E-state index is 12.4. The van der Waals surface area contributed by atoms with Crippen molar-refractivity contribution in [2.75, 3.05) is 6.61 Å². The van der Waals surface area contributed by atoms with E-state index in [1.807, 2.05) is 33.9 Å². The second-order valence-corrected chi connectivity index (χ2v) is 12.4. The molecule has 0 heterocycles. The lowest BCUT2D eigenvalue weighted by Crippen LogP contribution is -2.49. The molecule has 0 spiro atoms. The van der Waals surface area contributed by atoms with Crippen LogP contribution < -0.4 is 5.32 Å². The van der Waals surface area contributed by atoms with Crippen molar-refractivity contribution in [3.05, 3.63) is 0 Å². The standard InChI is InChI=1S/C16H33NO4Si/c1-9-10-13(17-15(19)20-11-12(2)3)14(18)21-22(7,8)16(4,5)6/h12-13H,9-11H2,1-8H3,(H,17,19). The van der Waals surface area contributed by atoms with E-state index in [9.17, 15) is 9.59 Å². The molecule has 0 fully saturated rings. The van der Waals surface area contributed by atoms with Crippen LogP contribution in [0.1, 0.15) is 54.4 Å². The van der Waals surface area contributed by atoms with E-state index < -0.39 is 20.5 Å². The summed E-state index contributed by atoms with van der Waals surface area (Å²) in [6, 6.07) is -0.640. The van der Waals surface area contributed by atoms with Crippen molar-refractivity contribution in [2.24, 2.45) is 5.92 Å². The first-order chi connectivity index (χ1) is 9.90. The van der Waals surface area contributed by atoms with E-state index in [2.05, 4.69) is 26.1 Å². The third-order valence-corrected chi connectivity index (χ3v) is 8.19. The molecule has 0 bridgehead atoms. The average Bonchev–Trinajstić information content (AvgIpc) is 2.33. The van der Waals surface area contributed by atoms with Gasteiger partial charge in [0.25, 0.3) is 8.32 Å². The number of rotatable bonds is 7. The van der Waals surface area contributed by atoms with E-state index in [4.69, 9.17) is 9.16 Å². The second-order valence-electron chi connectivity index (χ2n) is 7.66. The first-order valence-electron chi connectivity index (χ1n) is 8.06. The lowest BCUT2D eigenvalue weighted by molar-refractivity contribution is -0.138. The topological polar surface area (TPSA) is 64.6 Å². The molecule has 0 saturated heterocycles. The Labute approximate surface area is 136 Å². The lowest BCUT2D eigenvalue weighted by Gasteiger charge is -2.36. The highest BCUT2D eigenvalue weighted by molar-refractivity contribution is 6.75. The molecule has 0 aliphatic rings. The van der Waals surface area contributed by atoms with E-state index in [-0.39, 0.29) is 16.9 Å². The van der Waals surface area contributed by atoms with Gasteiger partial charge < -0.3 is 14.5 Å². The molecule has 0 radical (unpaired) electrons. The zero-order valence-corrected chi connectivity index (χ0v) is 16.4. The summed E-state index contributed by atoms with van der Waals surface area (Å²) in [7, 11) is -2.19. The molecule has 1 unspecified atom stereocenters. The number of carbonyl (C=O) groups is 2. The third kappa shape index (κ3) is 7.29. The van der Waals surface area contributed by atoms with Crippen LogP contribution in [-0.4, -0.2) is 33.0 Å². The third-order valence-electron chi connectivity index (χ3n) is 3.86. The van der Waals surface area contributed by atoms with Crippen molar-refractivity contribution in [3.8, 4) is 0 Å². The summed E-state index contributed by atoms with van der Waals surface area (Å²) < 4.78 is 10.9. The van der Waals surface area contributed by atoms with Crippen LogP contribution in [0.5, 0.6) is 0 Å². The van der Waals surface area contributed by atoms with Crippen LogP contribution in [-0.2, 0) is 14.0 Å². The molecule has 22 heavy (non-hydrogen) atoms. The molecule has 5 nitrogen and oxygen atoms in total. The van der Waals surface area contributed by atoms with Gasteiger partial charge in [-0.3, -0.25) is 4.79 Å². The van der Waals surface area contributed by atoms with Gasteiger partial charge in [-0.2, -0.15) is 0 Å². The van der Waals surface area contributed by atoms with Crippen molar-refractivity contribution in [3.63, 3.8) is 0 Å². The Morgan fingerprint density at radius 1 is 1.18 bits per heavy atom. The average molecular weight is 332 g/mol. The number of hydrogen-bond acceptors (Lipinski definition) is 4. The molecule has 1 atom stereocenters. The van der Waals surface area contributed by atoms with Crippen molar-refractivity contribution in [1.29, 1.82) is 0 Å². The highest BCUT2D eigenvalue weighted by Crippen LogP contribution is 2.36. The van der Waals surface area contributed by atoms with Crippen molar-refractivity contribution in [1.82, 2.24) is 5.32 Å². The van der Waals surface area contributed by atoms with Gasteiger partial charge in [0.2, 0.25) is 0 Å². The van der Waals surface area contributed by atoms with Crippen LogP contribution in [0.3, 0.4) is 0 Å². The van der Waals surface area contributed by atoms with Crippen LogP contribution in [0, 0.1) is 5.92 Å². The van der Waals surface area contributed by atoms with Crippen LogP contribution in [0.2, 0.25) is 18.1 Å². The van der Waals surface area contributed by atoms with Crippen LogP contribution in [0.15, 0.2) is 0 Å². The fourth-order valence-electron chi connectivity index (χ4n) is 1.44. The molecule has 0 saturated carbocycles. The number of ether oxygens (including phenoxy) is 1. The molecule has 0 aromatic carbocycles. The summed E-state index contributed by atoms with van der Waals surface area (Å²) in [6.45, 7) is 16.5. The maximum absolute atomic E-state index is 12.4. The molecule has 0 aliphatic heterocycles. The van der Waals surface area contributed by atoms with E-state index in [1.54, 1.807) is 0 Å². The summed E-state index contributed by atoms with van der Waals surface area (Å²) >= 11 is 0. The van der Waals surface area contributed by atoms with Crippen molar-refractivity contribution in [2.45, 2.75) is 78.6 Å². The smallest absolute Gasteiger partial charge is 0.407 e. The SMILES string of the molecule is CCCC(NC(=O)OCC(C)C)C(=O)O[Si](C)(C)C(C)(C)C. The molecule has 1 amide bonds. The molecule has 0 aromatic rings. The summed E-state index contributed by atoms with van der Waals surface area (Å²) in [4.78, 5) is 24.2. The van der Waals surface area contributed by atoms with Gasteiger partial charge >= 0.3 is 12.1 Å². The summed E-state index contributed by atoms with van der Waals surface area (Å²) in [6.07, 6.45) is 0.769. The Hall–Kier alpha value is -1.04. The van der Waals surface area contributed by atoms with Gasteiger partial charge in [0.1, 0.15) is 6.04 Å². The Bertz CT molecular complexity index is 375. The van der Waals surface area contributed by atoms with E-state index >= 15 is 0 Å². The molecular formula is C16H33NO4Si. The normalized spacial score (nSPS) is 13.7.